The quantitative estimate of drug-likeness (QED) is 0.227. The van der Waals surface area contributed by atoms with Gasteiger partial charge in [0.2, 0.25) is 17.2 Å². The van der Waals surface area contributed by atoms with Crippen LogP contribution in [0.25, 0.3) is 32.0 Å². The number of nitrogens with zero attached hydrogens (tertiary/aromatic N) is 6. The number of methoxy groups -OCH3 is 1. The third-order valence-corrected chi connectivity index (χ3v) is 12.3. The highest BCUT2D eigenvalue weighted by Crippen LogP contribution is 2.75. The number of pyridine rings is 2. The lowest BCUT2D eigenvalue weighted by Gasteiger charge is -2.71. The molecule has 0 unspecified atom stereocenters. The number of phenols is 1. The fraction of sp³-hybridized carbons (Fsp3) is 0.444. The number of thiazole rings is 1. The van der Waals surface area contributed by atoms with Crippen LogP contribution in [0, 0.1) is 11.3 Å². The highest BCUT2D eigenvalue weighted by atomic mass is 32.1. The third kappa shape index (κ3) is 4.78. The molecule has 0 spiro atoms. The number of amides is 2. The van der Waals surface area contributed by atoms with Crippen molar-refractivity contribution in [3.05, 3.63) is 58.3 Å². The van der Waals surface area contributed by atoms with E-state index < -0.39 is 0 Å². The molecule has 13 nitrogen and oxygen atoms in total. The summed E-state index contributed by atoms with van der Waals surface area (Å²) in [6.45, 7) is 3.46. The lowest BCUT2D eigenvalue weighted by atomic mass is 9.37. The van der Waals surface area contributed by atoms with E-state index in [0.29, 0.717) is 70.5 Å². The van der Waals surface area contributed by atoms with Crippen LogP contribution in [0.3, 0.4) is 0 Å². The summed E-state index contributed by atoms with van der Waals surface area (Å²) in [4.78, 5) is 59.3. The SMILES string of the molecule is CCc1c(N2CCN(C(=O)c3c(O)ccc4ncoc34)CC2)c(=O)c2nc(-c3ccnc(OC)c3)sc2n1CC(=O)NC12CC(C3CC3)(C1)C2. The molecule has 5 fully saturated rings. The molecule has 0 atom stereocenters. The number of rotatable bonds is 9. The Kier molecular flexibility index (Phi) is 7.00. The first-order chi connectivity index (χ1) is 24.2. The van der Waals surface area contributed by atoms with Gasteiger partial charge in [0.25, 0.3) is 5.91 Å². The molecular formula is C36H37N7O6S. The van der Waals surface area contributed by atoms with Gasteiger partial charge in [-0.1, -0.05) is 18.3 Å². The summed E-state index contributed by atoms with van der Waals surface area (Å²) in [6.07, 6.45) is 9.27. The maximum Gasteiger partial charge on any atom is 0.261 e. The fourth-order valence-corrected chi connectivity index (χ4v) is 9.87. The predicted octanol–water partition coefficient (Wildman–Crippen LogP) is 4.35. The number of benzene rings is 1. The topological polar surface area (TPSA) is 156 Å². The van der Waals surface area contributed by atoms with Gasteiger partial charge in [-0.25, -0.2) is 15.0 Å². The number of nitrogens with one attached hydrogen (secondary N) is 1. The summed E-state index contributed by atoms with van der Waals surface area (Å²) in [6, 6.07) is 6.66. The van der Waals surface area contributed by atoms with Crippen LogP contribution in [0.2, 0.25) is 0 Å². The van der Waals surface area contributed by atoms with Crippen molar-refractivity contribution in [2.24, 2.45) is 11.3 Å². The van der Waals surface area contributed by atoms with Gasteiger partial charge in [0.15, 0.2) is 12.0 Å². The fourth-order valence-electron chi connectivity index (χ4n) is 8.79. The molecule has 258 valence electrons. The number of aromatic nitrogens is 4. The van der Waals surface area contributed by atoms with E-state index in [1.54, 1.807) is 30.3 Å². The van der Waals surface area contributed by atoms with E-state index in [0.717, 1.165) is 36.4 Å². The molecule has 2 N–H and O–H groups in total. The zero-order valence-corrected chi connectivity index (χ0v) is 28.7. The Labute approximate surface area is 290 Å². The molecule has 50 heavy (non-hydrogen) atoms. The van der Waals surface area contributed by atoms with Crippen molar-refractivity contribution in [3.63, 3.8) is 0 Å². The van der Waals surface area contributed by atoms with E-state index in [4.69, 9.17) is 14.1 Å². The van der Waals surface area contributed by atoms with Gasteiger partial charge in [0.05, 0.1) is 7.11 Å². The summed E-state index contributed by atoms with van der Waals surface area (Å²) >= 11 is 1.38. The number of hydrogen-bond acceptors (Lipinski definition) is 11. The predicted molar refractivity (Wildman–Crippen MR) is 187 cm³/mol. The van der Waals surface area contributed by atoms with Crippen molar-refractivity contribution in [2.45, 2.75) is 57.5 Å². The van der Waals surface area contributed by atoms with E-state index in [1.807, 2.05) is 22.5 Å². The second-order valence-corrected chi connectivity index (χ2v) is 15.2. The Morgan fingerprint density at radius 3 is 2.62 bits per heavy atom. The van der Waals surface area contributed by atoms with Crippen LogP contribution in [0.5, 0.6) is 11.6 Å². The molecule has 10 rings (SSSR count). The number of oxazole rings is 1. The number of ether oxygens (including phenoxy) is 1. The Bertz CT molecular complexity index is 2240. The number of piperazine rings is 1. The summed E-state index contributed by atoms with van der Waals surface area (Å²) in [5.41, 5.74) is 3.31. The first kappa shape index (κ1) is 31.0. The largest absolute Gasteiger partial charge is 0.507 e. The number of aromatic hydroxyl groups is 1. The van der Waals surface area contributed by atoms with Gasteiger partial charge in [-0.15, -0.1) is 0 Å². The minimum absolute atomic E-state index is 0.0583. The van der Waals surface area contributed by atoms with E-state index >= 15 is 0 Å². The van der Waals surface area contributed by atoms with Gasteiger partial charge >= 0.3 is 0 Å². The normalized spacial score (nSPS) is 22.8. The van der Waals surface area contributed by atoms with Crippen molar-refractivity contribution in [1.29, 1.82) is 0 Å². The highest BCUT2D eigenvalue weighted by Gasteiger charge is 2.72. The smallest absolute Gasteiger partial charge is 0.261 e. The minimum atomic E-state index is -0.362. The minimum Gasteiger partial charge on any atom is -0.507 e. The lowest BCUT2D eigenvalue weighted by molar-refractivity contribution is -0.176. The molecule has 4 aliphatic carbocycles. The summed E-state index contributed by atoms with van der Waals surface area (Å²) in [5.74, 6) is 0.688. The average molecular weight is 696 g/mol. The van der Waals surface area contributed by atoms with Crippen molar-refractivity contribution in [3.8, 4) is 22.2 Å². The maximum atomic E-state index is 14.4. The molecule has 1 aliphatic heterocycles. The molecule has 0 radical (unpaired) electrons. The van der Waals surface area contributed by atoms with Gasteiger partial charge in [0.1, 0.15) is 44.4 Å². The third-order valence-electron chi connectivity index (χ3n) is 11.2. The van der Waals surface area contributed by atoms with E-state index in [-0.39, 0.29) is 46.2 Å². The Hall–Kier alpha value is -4.98. The molecule has 1 saturated heterocycles. The average Bonchev–Trinajstić information content (AvgIpc) is 3.64. The van der Waals surface area contributed by atoms with E-state index in [1.165, 1.54) is 36.6 Å². The van der Waals surface area contributed by atoms with Crippen LogP contribution in [-0.2, 0) is 17.8 Å². The van der Waals surface area contributed by atoms with Crippen molar-refractivity contribution < 1.29 is 23.8 Å². The number of fused-ring (bicyclic) bond motifs is 2. The van der Waals surface area contributed by atoms with Gasteiger partial charge in [-0.3, -0.25) is 14.4 Å². The Balaban J connectivity index is 1.05. The number of anilines is 1. The van der Waals surface area contributed by atoms with Gasteiger partial charge in [-0.05, 0) is 68.1 Å². The Morgan fingerprint density at radius 1 is 1.12 bits per heavy atom. The van der Waals surface area contributed by atoms with Crippen LogP contribution in [0.4, 0.5) is 5.69 Å². The zero-order valence-electron chi connectivity index (χ0n) is 27.9. The summed E-state index contributed by atoms with van der Waals surface area (Å²) in [7, 11) is 1.55. The van der Waals surface area contributed by atoms with Gasteiger partial charge < -0.3 is 33.9 Å². The summed E-state index contributed by atoms with van der Waals surface area (Å²) in [5, 5.41) is 14.6. The zero-order chi connectivity index (χ0) is 34.4. The molecule has 5 heterocycles. The Morgan fingerprint density at radius 2 is 1.90 bits per heavy atom. The first-order valence-corrected chi connectivity index (χ1v) is 18.0. The van der Waals surface area contributed by atoms with Crippen LogP contribution >= 0.6 is 11.3 Å². The number of carbonyl (C=O) groups excluding carboxylic acids is 2. The molecule has 2 bridgehead atoms. The van der Waals surface area contributed by atoms with Gasteiger partial charge in [-0.2, -0.15) is 0 Å². The second kappa shape index (κ2) is 11.3. The molecule has 2 amide bonds. The molecule has 14 heteroatoms. The van der Waals surface area contributed by atoms with Crippen LogP contribution in [0.1, 0.15) is 55.1 Å². The van der Waals surface area contributed by atoms with E-state index in [2.05, 4.69) is 15.3 Å². The van der Waals surface area contributed by atoms with Crippen LogP contribution in [-0.4, -0.2) is 80.2 Å². The van der Waals surface area contributed by atoms with Gasteiger partial charge in [0, 0.05) is 55.2 Å². The van der Waals surface area contributed by atoms with Crippen molar-refractivity contribution in [2.75, 3.05) is 38.2 Å². The number of phenolic OH excluding ortho intramolecular Hbond substituents is 1. The summed E-state index contributed by atoms with van der Waals surface area (Å²) < 4.78 is 12.8. The van der Waals surface area contributed by atoms with Crippen molar-refractivity contribution in [1.82, 2.24) is 29.7 Å². The molecule has 4 aromatic heterocycles. The molecule has 5 aliphatic rings. The standard InChI is InChI=1S/C36H37N7O6S/c1-3-23-29(41-10-12-42(13-11-41)33(47)27-24(44)7-6-22-31(27)49-19-38-22)30(46)28-34(50-32(39-28)20-8-9-37-26(14-20)48-2)43(23)15-25(45)40-36-16-35(17-36,18-36)21-4-5-21/h6-9,14,19,21,44H,3-5,10-13,15-18H2,1-2H3,(H,40,45). The molecular weight excluding hydrogens is 659 g/mol. The lowest BCUT2D eigenvalue weighted by Crippen LogP contribution is -2.75. The first-order valence-electron chi connectivity index (χ1n) is 17.2. The monoisotopic (exact) mass is 695 g/mol. The molecule has 1 aromatic carbocycles. The molecule has 5 aromatic rings. The number of hydrogen-bond donors (Lipinski definition) is 2. The number of carbonyl (C=O) groups is 2. The van der Waals surface area contributed by atoms with Crippen molar-refractivity contribution >= 4 is 50.3 Å². The van der Waals surface area contributed by atoms with Crippen LogP contribution in [0.15, 0.2) is 46.1 Å². The highest BCUT2D eigenvalue weighted by molar-refractivity contribution is 7.21. The maximum absolute atomic E-state index is 14.4. The second-order valence-electron chi connectivity index (χ2n) is 14.3. The molecule has 4 saturated carbocycles. The van der Waals surface area contributed by atoms with Crippen LogP contribution < -0.4 is 20.4 Å². The van der Waals surface area contributed by atoms with E-state index in [9.17, 15) is 19.5 Å².